The summed E-state index contributed by atoms with van der Waals surface area (Å²) in [6.07, 6.45) is -1.88. The summed E-state index contributed by atoms with van der Waals surface area (Å²) >= 11 is 0. The van der Waals surface area contributed by atoms with Crippen LogP contribution in [0.4, 0.5) is 10.5 Å². The summed E-state index contributed by atoms with van der Waals surface area (Å²) in [5.74, 6) is -2.91. The van der Waals surface area contributed by atoms with Crippen molar-refractivity contribution in [2.75, 3.05) is 18.1 Å². The lowest BCUT2D eigenvalue weighted by Gasteiger charge is -2.34. The molecule has 3 fully saturated rings. The van der Waals surface area contributed by atoms with Gasteiger partial charge in [0, 0.05) is 5.69 Å². The highest BCUT2D eigenvalue weighted by atomic mass is 16.8. The van der Waals surface area contributed by atoms with Crippen molar-refractivity contribution in [1.82, 2.24) is 0 Å². The van der Waals surface area contributed by atoms with Gasteiger partial charge in [0.2, 0.25) is 5.78 Å². The molecule has 3 aliphatic heterocycles. The smallest absolute Gasteiger partial charge is 0.407 e. The molecule has 3 aliphatic rings. The minimum absolute atomic E-state index is 0.000564. The number of hydrogen-bond acceptors (Lipinski definition) is 6. The van der Waals surface area contributed by atoms with E-state index < -0.39 is 35.7 Å². The molecule has 1 spiro atoms. The van der Waals surface area contributed by atoms with Gasteiger partial charge in [-0.15, -0.1) is 0 Å². The first-order chi connectivity index (χ1) is 11.7. The molecule has 0 N–H and O–H groups in total. The first kappa shape index (κ1) is 16.5. The van der Waals surface area contributed by atoms with Gasteiger partial charge in [-0.1, -0.05) is 6.07 Å². The van der Waals surface area contributed by atoms with Crippen LogP contribution < -0.4 is 4.90 Å². The van der Waals surface area contributed by atoms with Crippen LogP contribution in [0.2, 0.25) is 0 Å². The summed E-state index contributed by atoms with van der Waals surface area (Å²) < 4.78 is 22.5. The normalized spacial score (nSPS) is 33.7. The van der Waals surface area contributed by atoms with E-state index in [4.69, 9.17) is 18.9 Å². The van der Waals surface area contributed by atoms with Gasteiger partial charge in [-0.2, -0.15) is 0 Å². The maximum Gasteiger partial charge on any atom is 0.417 e. The van der Waals surface area contributed by atoms with Crippen molar-refractivity contribution in [2.45, 2.75) is 51.5 Å². The lowest BCUT2D eigenvalue weighted by molar-refractivity contribution is -0.218. The number of Topliss-reactive ketones (excluding diaryl/α,β-unsaturated/α-hetero) is 1. The van der Waals surface area contributed by atoms with E-state index in [-0.39, 0.29) is 13.2 Å². The molecule has 7 heteroatoms. The predicted molar refractivity (Wildman–Crippen MR) is 87.3 cm³/mol. The van der Waals surface area contributed by atoms with Crippen molar-refractivity contribution in [3.05, 3.63) is 29.3 Å². The molecule has 134 valence electrons. The number of rotatable bonds is 1. The second kappa shape index (κ2) is 5.27. The number of hydrogen-bond donors (Lipinski definition) is 0. The van der Waals surface area contributed by atoms with E-state index in [1.807, 2.05) is 32.0 Å². The molecule has 3 heterocycles. The van der Waals surface area contributed by atoms with Gasteiger partial charge >= 0.3 is 6.09 Å². The summed E-state index contributed by atoms with van der Waals surface area (Å²) in [6.45, 7) is 7.52. The molecule has 0 aromatic heterocycles. The van der Waals surface area contributed by atoms with Crippen LogP contribution in [0, 0.1) is 13.8 Å². The number of carbonyl (C=O) groups excluding carboxylic acids is 2. The Kier molecular flexibility index (Phi) is 3.48. The van der Waals surface area contributed by atoms with Crippen molar-refractivity contribution in [3.8, 4) is 0 Å². The topological polar surface area (TPSA) is 74.3 Å². The Labute approximate surface area is 145 Å². The maximum absolute atomic E-state index is 12.9. The van der Waals surface area contributed by atoms with Gasteiger partial charge in [0.25, 0.3) is 5.79 Å². The van der Waals surface area contributed by atoms with E-state index in [1.165, 1.54) is 4.90 Å². The van der Waals surface area contributed by atoms with Crippen molar-refractivity contribution in [1.29, 1.82) is 0 Å². The van der Waals surface area contributed by atoms with Gasteiger partial charge in [0.15, 0.2) is 11.9 Å². The zero-order chi connectivity index (χ0) is 18.0. The Morgan fingerprint density at radius 3 is 2.44 bits per heavy atom. The molecule has 0 bridgehead atoms. The summed E-state index contributed by atoms with van der Waals surface area (Å²) in [6, 6.07) is 5.77. The van der Waals surface area contributed by atoms with E-state index >= 15 is 0 Å². The average molecular weight is 347 g/mol. The quantitative estimate of drug-likeness (QED) is 0.774. The van der Waals surface area contributed by atoms with Gasteiger partial charge in [0.1, 0.15) is 12.6 Å². The Balaban J connectivity index is 1.62. The van der Waals surface area contributed by atoms with Crippen LogP contribution >= 0.6 is 0 Å². The fraction of sp³-hybridized carbons (Fsp3) is 0.556. The second-order valence-corrected chi connectivity index (χ2v) is 7.32. The van der Waals surface area contributed by atoms with Crippen LogP contribution in [0.3, 0.4) is 0 Å². The van der Waals surface area contributed by atoms with E-state index in [0.717, 1.165) is 11.1 Å². The molecule has 1 aromatic rings. The van der Waals surface area contributed by atoms with E-state index in [2.05, 4.69) is 0 Å². The van der Waals surface area contributed by atoms with E-state index in [1.54, 1.807) is 13.8 Å². The predicted octanol–water partition coefficient (Wildman–Crippen LogP) is 2.08. The maximum atomic E-state index is 12.9. The van der Waals surface area contributed by atoms with E-state index in [0.29, 0.717) is 5.69 Å². The van der Waals surface area contributed by atoms with Gasteiger partial charge < -0.3 is 18.9 Å². The lowest BCUT2D eigenvalue weighted by Crippen LogP contribution is -2.59. The van der Waals surface area contributed by atoms with E-state index in [9.17, 15) is 9.59 Å². The molecule has 3 atom stereocenters. The van der Waals surface area contributed by atoms with Crippen molar-refractivity contribution >= 4 is 17.6 Å². The van der Waals surface area contributed by atoms with Crippen molar-refractivity contribution in [3.63, 3.8) is 0 Å². The van der Waals surface area contributed by atoms with Crippen LogP contribution in [-0.4, -0.2) is 48.8 Å². The third-order valence-corrected chi connectivity index (χ3v) is 4.66. The SMILES string of the molecule is Cc1cc(C)cc(N2C[C@]3(OC[C@H]4OC(C)(C)O[C@H]4C3=O)OC2=O)c1. The fourth-order valence-corrected chi connectivity index (χ4v) is 3.69. The summed E-state index contributed by atoms with van der Waals surface area (Å²) in [4.78, 5) is 26.8. The van der Waals surface area contributed by atoms with Crippen molar-refractivity contribution in [2.24, 2.45) is 0 Å². The summed E-state index contributed by atoms with van der Waals surface area (Å²) in [7, 11) is 0. The number of anilines is 1. The number of benzene rings is 1. The Morgan fingerprint density at radius 2 is 1.76 bits per heavy atom. The number of aryl methyl sites for hydroxylation is 2. The minimum Gasteiger partial charge on any atom is -0.407 e. The Morgan fingerprint density at radius 1 is 1.08 bits per heavy atom. The highest BCUT2D eigenvalue weighted by molar-refractivity contribution is 6.00. The monoisotopic (exact) mass is 347 g/mol. The van der Waals surface area contributed by atoms with Gasteiger partial charge in [-0.25, -0.2) is 4.79 Å². The van der Waals surface area contributed by atoms with Crippen LogP contribution in [0.25, 0.3) is 0 Å². The summed E-state index contributed by atoms with van der Waals surface area (Å²) in [5.41, 5.74) is 2.73. The first-order valence-electron chi connectivity index (χ1n) is 8.32. The summed E-state index contributed by atoms with van der Waals surface area (Å²) in [5, 5.41) is 0. The van der Waals surface area contributed by atoms with Crippen LogP contribution in [0.15, 0.2) is 18.2 Å². The fourth-order valence-electron chi connectivity index (χ4n) is 3.69. The molecule has 0 radical (unpaired) electrons. The lowest BCUT2D eigenvalue weighted by atomic mass is 9.98. The average Bonchev–Trinajstić information content (AvgIpc) is 3.00. The zero-order valence-corrected chi connectivity index (χ0v) is 14.7. The Bertz CT molecular complexity index is 740. The molecular formula is C18H21NO6. The van der Waals surface area contributed by atoms with Crippen LogP contribution in [0.1, 0.15) is 25.0 Å². The highest BCUT2D eigenvalue weighted by Crippen LogP contribution is 2.40. The van der Waals surface area contributed by atoms with Gasteiger partial charge in [0.05, 0.1) is 6.61 Å². The molecule has 0 saturated carbocycles. The van der Waals surface area contributed by atoms with Crippen LogP contribution in [-0.2, 0) is 23.7 Å². The molecular weight excluding hydrogens is 326 g/mol. The zero-order valence-electron chi connectivity index (χ0n) is 14.7. The standard InChI is InChI=1S/C18H21NO6/c1-10-5-11(2)7-12(6-10)19-9-18(25-16(19)21)15(20)14-13(8-22-18)23-17(3,4)24-14/h5-7,13-14H,8-9H2,1-4H3/t13-,14-,18+/m1/s1. The third-order valence-electron chi connectivity index (χ3n) is 4.66. The third kappa shape index (κ3) is 2.63. The molecule has 25 heavy (non-hydrogen) atoms. The molecule has 1 amide bonds. The number of nitrogens with zero attached hydrogens (tertiary/aromatic N) is 1. The van der Waals surface area contributed by atoms with Gasteiger partial charge in [-0.05, 0) is 51.0 Å². The number of fused-ring (bicyclic) bond motifs is 1. The van der Waals surface area contributed by atoms with Gasteiger partial charge in [-0.3, -0.25) is 9.69 Å². The second-order valence-electron chi connectivity index (χ2n) is 7.32. The minimum atomic E-state index is -1.64. The molecule has 4 rings (SSSR count). The Hall–Kier alpha value is -1.96. The number of ketones is 1. The number of carbonyl (C=O) groups is 2. The molecule has 7 nitrogen and oxygen atoms in total. The highest BCUT2D eigenvalue weighted by Gasteiger charge is 2.63. The molecule has 0 unspecified atom stereocenters. The number of amides is 1. The van der Waals surface area contributed by atoms with Crippen LogP contribution in [0.5, 0.6) is 0 Å². The number of ether oxygens (including phenoxy) is 4. The first-order valence-corrected chi connectivity index (χ1v) is 8.32. The van der Waals surface area contributed by atoms with Crippen molar-refractivity contribution < 1.29 is 28.5 Å². The molecule has 3 saturated heterocycles. The molecule has 1 aromatic carbocycles. The molecule has 0 aliphatic carbocycles. The largest absolute Gasteiger partial charge is 0.417 e.